The van der Waals surface area contributed by atoms with E-state index in [-0.39, 0.29) is 5.91 Å². The smallest absolute Gasteiger partial charge is 0.226 e. The van der Waals surface area contributed by atoms with Crippen molar-refractivity contribution in [2.45, 2.75) is 26.2 Å². The predicted molar refractivity (Wildman–Crippen MR) is 74.9 cm³/mol. The number of rotatable bonds is 5. The zero-order chi connectivity index (χ0) is 12.8. The van der Waals surface area contributed by atoms with Crippen LogP contribution in [0.4, 0.5) is 5.13 Å². The van der Waals surface area contributed by atoms with Crippen LogP contribution in [0.5, 0.6) is 0 Å². The van der Waals surface area contributed by atoms with Crippen LogP contribution in [0.15, 0.2) is 35.7 Å². The molecular weight excluding hydrogens is 244 g/mol. The van der Waals surface area contributed by atoms with Gasteiger partial charge >= 0.3 is 0 Å². The second kappa shape index (κ2) is 6.31. The van der Waals surface area contributed by atoms with Crippen LogP contribution in [-0.4, -0.2) is 10.9 Å². The van der Waals surface area contributed by atoms with Gasteiger partial charge in [0.1, 0.15) is 0 Å². The summed E-state index contributed by atoms with van der Waals surface area (Å²) >= 11 is 1.46. The lowest BCUT2D eigenvalue weighted by atomic mass is 10.1. The number of amides is 1. The number of carbonyl (C=O) groups excluding carboxylic acids is 1. The van der Waals surface area contributed by atoms with Crippen molar-refractivity contribution < 1.29 is 4.79 Å². The number of nitrogens with zero attached hydrogens (tertiary/aromatic N) is 1. The number of carbonyl (C=O) groups is 1. The van der Waals surface area contributed by atoms with Gasteiger partial charge in [-0.2, -0.15) is 0 Å². The first-order valence-electron chi connectivity index (χ1n) is 6.00. The number of benzene rings is 1. The lowest BCUT2D eigenvalue weighted by Crippen LogP contribution is -2.11. The summed E-state index contributed by atoms with van der Waals surface area (Å²) in [5.41, 5.74) is 2.22. The lowest BCUT2D eigenvalue weighted by Gasteiger charge is -2.02. The van der Waals surface area contributed by atoms with Gasteiger partial charge in [-0.3, -0.25) is 4.79 Å². The van der Waals surface area contributed by atoms with E-state index >= 15 is 0 Å². The Labute approximate surface area is 111 Å². The first kappa shape index (κ1) is 12.8. The second-order valence-corrected chi connectivity index (χ2v) is 5.04. The van der Waals surface area contributed by atoms with Crippen LogP contribution in [0, 0.1) is 6.92 Å². The van der Waals surface area contributed by atoms with Crippen molar-refractivity contribution in [3.05, 3.63) is 47.0 Å². The summed E-state index contributed by atoms with van der Waals surface area (Å²) in [6.07, 6.45) is 2.33. The van der Waals surface area contributed by atoms with Gasteiger partial charge < -0.3 is 5.32 Å². The summed E-state index contributed by atoms with van der Waals surface area (Å²) in [7, 11) is 0. The van der Waals surface area contributed by atoms with E-state index in [2.05, 4.69) is 22.4 Å². The van der Waals surface area contributed by atoms with Crippen molar-refractivity contribution in [1.82, 2.24) is 4.98 Å². The molecule has 1 heterocycles. The molecule has 1 amide bonds. The fraction of sp³-hybridized carbons (Fsp3) is 0.286. The SMILES string of the molecule is Cc1csc(NC(=O)CCCc2ccccc2)n1. The van der Waals surface area contributed by atoms with Gasteiger partial charge in [-0.25, -0.2) is 4.98 Å². The van der Waals surface area contributed by atoms with Crippen molar-refractivity contribution in [3.8, 4) is 0 Å². The van der Waals surface area contributed by atoms with Gasteiger partial charge in [0, 0.05) is 11.8 Å². The molecule has 1 aromatic carbocycles. The average molecular weight is 260 g/mol. The number of thiazole rings is 1. The molecule has 2 rings (SSSR count). The summed E-state index contributed by atoms with van der Waals surface area (Å²) in [5.74, 6) is 0.0419. The quantitative estimate of drug-likeness (QED) is 0.895. The van der Waals surface area contributed by atoms with Crippen molar-refractivity contribution in [2.24, 2.45) is 0 Å². The molecule has 1 N–H and O–H groups in total. The Kier molecular flexibility index (Phi) is 4.47. The average Bonchev–Trinajstić information content (AvgIpc) is 2.76. The highest BCUT2D eigenvalue weighted by Gasteiger charge is 2.05. The molecule has 0 saturated heterocycles. The van der Waals surface area contributed by atoms with Crippen LogP contribution in [0.1, 0.15) is 24.1 Å². The summed E-state index contributed by atoms with van der Waals surface area (Å²) < 4.78 is 0. The van der Waals surface area contributed by atoms with E-state index in [0.29, 0.717) is 11.6 Å². The first-order chi connectivity index (χ1) is 8.74. The van der Waals surface area contributed by atoms with Gasteiger partial charge in [-0.05, 0) is 25.3 Å². The zero-order valence-corrected chi connectivity index (χ0v) is 11.2. The molecule has 2 aromatic rings. The third kappa shape index (κ3) is 3.96. The largest absolute Gasteiger partial charge is 0.302 e. The Morgan fingerprint density at radius 1 is 1.33 bits per heavy atom. The Bertz CT molecular complexity index is 508. The third-order valence-electron chi connectivity index (χ3n) is 2.58. The zero-order valence-electron chi connectivity index (χ0n) is 10.3. The standard InChI is InChI=1S/C14H16N2OS/c1-11-10-18-14(15-11)16-13(17)9-5-8-12-6-3-2-4-7-12/h2-4,6-7,10H,5,8-9H2,1H3,(H,15,16,17). The van der Waals surface area contributed by atoms with Crippen molar-refractivity contribution in [2.75, 3.05) is 5.32 Å². The summed E-state index contributed by atoms with van der Waals surface area (Å²) in [6.45, 7) is 1.92. The van der Waals surface area contributed by atoms with Gasteiger partial charge in [0.25, 0.3) is 0 Å². The molecule has 0 saturated carbocycles. The van der Waals surface area contributed by atoms with E-state index in [1.807, 2.05) is 30.5 Å². The molecule has 0 spiro atoms. The minimum absolute atomic E-state index is 0.0419. The molecule has 1 aromatic heterocycles. The maximum absolute atomic E-state index is 11.7. The maximum atomic E-state index is 11.7. The molecule has 4 heteroatoms. The van der Waals surface area contributed by atoms with Crippen LogP contribution in [0.25, 0.3) is 0 Å². The molecule has 0 aliphatic carbocycles. The maximum Gasteiger partial charge on any atom is 0.226 e. The van der Waals surface area contributed by atoms with E-state index in [1.165, 1.54) is 16.9 Å². The molecule has 0 aliphatic rings. The minimum Gasteiger partial charge on any atom is -0.302 e. The Morgan fingerprint density at radius 2 is 2.11 bits per heavy atom. The van der Waals surface area contributed by atoms with Crippen molar-refractivity contribution in [3.63, 3.8) is 0 Å². The monoisotopic (exact) mass is 260 g/mol. The highest BCUT2D eigenvalue weighted by atomic mass is 32.1. The molecule has 94 valence electrons. The highest BCUT2D eigenvalue weighted by molar-refractivity contribution is 7.13. The molecule has 3 nitrogen and oxygen atoms in total. The molecule has 0 radical (unpaired) electrons. The first-order valence-corrected chi connectivity index (χ1v) is 6.88. The normalized spacial score (nSPS) is 10.3. The van der Waals surface area contributed by atoms with Crippen LogP contribution >= 0.6 is 11.3 Å². The molecule has 0 aliphatic heterocycles. The molecule has 18 heavy (non-hydrogen) atoms. The van der Waals surface area contributed by atoms with Crippen LogP contribution in [0.2, 0.25) is 0 Å². The summed E-state index contributed by atoms with van der Waals surface area (Å²) in [4.78, 5) is 15.9. The molecular formula is C14H16N2OS. The van der Waals surface area contributed by atoms with Gasteiger partial charge in [0.15, 0.2) is 5.13 Å². The number of hydrogen-bond acceptors (Lipinski definition) is 3. The van der Waals surface area contributed by atoms with E-state index in [1.54, 1.807) is 0 Å². The minimum atomic E-state index is 0.0419. The molecule has 0 atom stereocenters. The predicted octanol–water partition coefficient (Wildman–Crippen LogP) is 3.41. The number of nitrogens with one attached hydrogen (secondary N) is 1. The summed E-state index contributed by atoms with van der Waals surface area (Å²) in [5, 5.41) is 5.44. The fourth-order valence-electron chi connectivity index (χ4n) is 1.69. The van der Waals surface area contributed by atoms with Gasteiger partial charge in [0.05, 0.1) is 5.69 Å². The van der Waals surface area contributed by atoms with E-state index < -0.39 is 0 Å². The third-order valence-corrected chi connectivity index (χ3v) is 3.45. The van der Waals surface area contributed by atoms with Gasteiger partial charge in [-0.1, -0.05) is 30.3 Å². The van der Waals surface area contributed by atoms with E-state index in [9.17, 15) is 4.79 Å². The number of anilines is 1. The second-order valence-electron chi connectivity index (χ2n) is 4.18. The number of hydrogen-bond donors (Lipinski definition) is 1. The van der Waals surface area contributed by atoms with Crippen LogP contribution in [0.3, 0.4) is 0 Å². The number of aryl methyl sites for hydroxylation is 2. The van der Waals surface area contributed by atoms with Crippen molar-refractivity contribution >= 4 is 22.4 Å². The Hall–Kier alpha value is -1.68. The lowest BCUT2D eigenvalue weighted by molar-refractivity contribution is -0.116. The Morgan fingerprint density at radius 3 is 2.78 bits per heavy atom. The Balaban J connectivity index is 1.72. The topological polar surface area (TPSA) is 42.0 Å². The van der Waals surface area contributed by atoms with Crippen LogP contribution < -0.4 is 5.32 Å². The van der Waals surface area contributed by atoms with E-state index in [0.717, 1.165) is 18.5 Å². The molecule has 0 bridgehead atoms. The number of aromatic nitrogens is 1. The van der Waals surface area contributed by atoms with Gasteiger partial charge in [-0.15, -0.1) is 11.3 Å². The fourth-order valence-corrected chi connectivity index (χ4v) is 2.40. The van der Waals surface area contributed by atoms with Crippen LogP contribution in [-0.2, 0) is 11.2 Å². The summed E-state index contributed by atoms with van der Waals surface area (Å²) in [6, 6.07) is 10.2. The van der Waals surface area contributed by atoms with Gasteiger partial charge in [0.2, 0.25) is 5.91 Å². The molecule has 0 unspecified atom stereocenters. The van der Waals surface area contributed by atoms with E-state index in [4.69, 9.17) is 0 Å². The molecule has 0 fully saturated rings. The highest BCUT2D eigenvalue weighted by Crippen LogP contribution is 2.15. The van der Waals surface area contributed by atoms with Crippen molar-refractivity contribution in [1.29, 1.82) is 0 Å².